The number of rotatable bonds is 7. The van der Waals surface area contributed by atoms with Crippen LogP contribution < -0.4 is 11.1 Å². The van der Waals surface area contributed by atoms with Gasteiger partial charge in [-0.3, -0.25) is 9.59 Å². The number of nitrogens with one attached hydrogen (secondary N) is 1. The molecule has 3 N–H and O–H groups in total. The molecule has 0 radical (unpaired) electrons. The van der Waals surface area contributed by atoms with Gasteiger partial charge in [0, 0.05) is 19.5 Å². The molecule has 18 heavy (non-hydrogen) atoms. The van der Waals surface area contributed by atoms with Crippen LogP contribution in [0.3, 0.4) is 0 Å². The zero-order chi connectivity index (χ0) is 13.6. The van der Waals surface area contributed by atoms with E-state index < -0.39 is 0 Å². The Morgan fingerprint density at radius 2 is 1.89 bits per heavy atom. The van der Waals surface area contributed by atoms with E-state index >= 15 is 0 Å². The van der Waals surface area contributed by atoms with E-state index in [1.54, 1.807) is 4.90 Å². The third kappa shape index (κ3) is 3.70. The van der Waals surface area contributed by atoms with Gasteiger partial charge < -0.3 is 16.0 Å². The number of carbonyl (C=O) groups is 2. The first kappa shape index (κ1) is 15.0. The zero-order valence-electron chi connectivity index (χ0n) is 11.5. The molecule has 0 aromatic rings. The molecule has 1 rings (SSSR count). The Labute approximate surface area is 109 Å². The monoisotopic (exact) mass is 255 g/mol. The summed E-state index contributed by atoms with van der Waals surface area (Å²) >= 11 is 0. The number of nitrogens with two attached hydrogens (primary N) is 1. The van der Waals surface area contributed by atoms with Crippen LogP contribution in [0.2, 0.25) is 0 Å². The fraction of sp³-hybridized carbons (Fsp3) is 0.846. The summed E-state index contributed by atoms with van der Waals surface area (Å²) in [5, 5.41) is 2.70. The smallest absolute Gasteiger partial charge is 0.241 e. The van der Waals surface area contributed by atoms with Gasteiger partial charge in [-0.25, -0.2) is 0 Å². The molecule has 5 nitrogen and oxygen atoms in total. The molecule has 0 aliphatic heterocycles. The normalized spacial score (nSPS) is 16.8. The third-order valence-corrected chi connectivity index (χ3v) is 3.94. The zero-order valence-corrected chi connectivity index (χ0v) is 11.5. The molecule has 0 unspecified atom stereocenters. The Morgan fingerprint density at radius 3 is 2.28 bits per heavy atom. The molecule has 0 bridgehead atoms. The van der Waals surface area contributed by atoms with Crippen molar-refractivity contribution in [1.82, 2.24) is 10.2 Å². The minimum absolute atomic E-state index is 0.00231. The van der Waals surface area contributed by atoms with Crippen molar-refractivity contribution in [1.29, 1.82) is 0 Å². The summed E-state index contributed by atoms with van der Waals surface area (Å²) in [6.07, 6.45) is 3.67. The van der Waals surface area contributed by atoms with Gasteiger partial charge in [-0.15, -0.1) is 0 Å². The van der Waals surface area contributed by atoms with Gasteiger partial charge in [0.2, 0.25) is 11.8 Å². The number of likely N-dealkylation sites (N-methyl/N-ethyl adjacent to an activating group) is 1. The van der Waals surface area contributed by atoms with Gasteiger partial charge in [-0.1, -0.05) is 6.42 Å². The molecule has 5 heteroatoms. The van der Waals surface area contributed by atoms with Crippen molar-refractivity contribution in [2.45, 2.75) is 39.5 Å². The highest BCUT2D eigenvalue weighted by Gasteiger charge is 2.37. The molecule has 0 atom stereocenters. The van der Waals surface area contributed by atoms with Gasteiger partial charge >= 0.3 is 0 Å². The van der Waals surface area contributed by atoms with Gasteiger partial charge in [0.1, 0.15) is 0 Å². The van der Waals surface area contributed by atoms with Crippen molar-refractivity contribution in [3.63, 3.8) is 0 Å². The lowest BCUT2D eigenvalue weighted by Crippen LogP contribution is -2.44. The van der Waals surface area contributed by atoms with E-state index in [0.717, 1.165) is 19.3 Å². The lowest BCUT2D eigenvalue weighted by atomic mass is 9.66. The molecule has 1 aliphatic rings. The Morgan fingerprint density at radius 1 is 1.28 bits per heavy atom. The van der Waals surface area contributed by atoms with E-state index in [9.17, 15) is 9.59 Å². The molecule has 0 spiro atoms. The van der Waals surface area contributed by atoms with E-state index in [1.165, 1.54) is 0 Å². The SMILES string of the molecule is CCN(CC)C(=O)CNC(=O)CC1(CN)CCC1. The summed E-state index contributed by atoms with van der Waals surface area (Å²) in [5.74, 6) is -0.0792. The fourth-order valence-electron chi connectivity index (χ4n) is 2.40. The standard InChI is InChI=1S/C13H25N3O2/c1-3-16(4-2)12(18)9-15-11(17)8-13(10-14)6-5-7-13/h3-10,14H2,1-2H3,(H,15,17). The van der Waals surface area contributed by atoms with Crippen LogP contribution in [0.15, 0.2) is 0 Å². The maximum absolute atomic E-state index is 11.8. The summed E-state index contributed by atoms with van der Waals surface area (Å²) in [6, 6.07) is 0. The molecule has 1 aliphatic carbocycles. The van der Waals surface area contributed by atoms with E-state index in [4.69, 9.17) is 5.73 Å². The second-order valence-corrected chi connectivity index (χ2v) is 5.08. The highest BCUT2D eigenvalue weighted by atomic mass is 16.2. The minimum Gasteiger partial charge on any atom is -0.347 e. The van der Waals surface area contributed by atoms with Gasteiger partial charge in [-0.05, 0) is 38.6 Å². The van der Waals surface area contributed by atoms with E-state index in [-0.39, 0.29) is 23.8 Å². The van der Waals surface area contributed by atoms with Crippen molar-refractivity contribution in [2.24, 2.45) is 11.1 Å². The van der Waals surface area contributed by atoms with Crippen LogP contribution in [0, 0.1) is 5.41 Å². The highest BCUT2D eigenvalue weighted by Crippen LogP contribution is 2.42. The quantitative estimate of drug-likeness (QED) is 0.695. The molecule has 1 saturated carbocycles. The average molecular weight is 255 g/mol. The van der Waals surface area contributed by atoms with Crippen molar-refractivity contribution in [2.75, 3.05) is 26.2 Å². The highest BCUT2D eigenvalue weighted by molar-refractivity contribution is 5.85. The van der Waals surface area contributed by atoms with Crippen molar-refractivity contribution in [3.8, 4) is 0 Å². The maximum atomic E-state index is 11.8. The summed E-state index contributed by atoms with van der Waals surface area (Å²) in [5.41, 5.74) is 5.71. The average Bonchev–Trinajstić information content (AvgIpc) is 2.33. The molecule has 0 aromatic heterocycles. The Balaban J connectivity index is 2.30. The Hall–Kier alpha value is -1.10. The van der Waals surface area contributed by atoms with E-state index in [2.05, 4.69) is 5.32 Å². The predicted molar refractivity (Wildman–Crippen MR) is 70.9 cm³/mol. The topological polar surface area (TPSA) is 75.4 Å². The van der Waals surface area contributed by atoms with Crippen molar-refractivity contribution >= 4 is 11.8 Å². The molecule has 1 fully saturated rings. The summed E-state index contributed by atoms with van der Waals surface area (Å²) < 4.78 is 0. The fourth-order valence-corrected chi connectivity index (χ4v) is 2.40. The first-order chi connectivity index (χ1) is 8.56. The molecule has 104 valence electrons. The van der Waals surface area contributed by atoms with Crippen LogP contribution in [-0.2, 0) is 9.59 Å². The van der Waals surface area contributed by atoms with Crippen LogP contribution in [0.25, 0.3) is 0 Å². The van der Waals surface area contributed by atoms with Crippen LogP contribution in [0.1, 0.15) is 39.5 Å². The second-order valence-electron chi connectivity index (χ2n) is 5.08. The number of carbonyl (C=O) groups excluding carboxylic acids is 2. The molecule has 0 saturated heterocycles. The van der Waals surface area contributed by atoms with Gasteiger partial charge in [0.15, 0.2) is 0 Å². The first-order valence-corrected chi connectivity index (χ1v) is 6.81. The van der Waals surface area contributed by atoms with Crippen LogP contribution >= 0.6 is 0 Å². The lowest BCUT2D eigenvalue weighted by Gasteiger charge is -2.40. The molecular formula is C13H25N3O2. The maximum Gasteiger partial charge on any atom is 0.241 e. The summed E-state index contributed by atoms with van der Waals surface area (Å²) in [6.45, 7) is 5.88. The molecule has 0 heterocycles. The first-order valence-electron chi connectivity index (χ1n) is 6.81. The number of hydrogen-bond donors (Lipinski definition) is 2. The van der Waals surface area contributed by atoms with Gasteiger partial charge in [0.05, 0.1) is 6.54 Å². The largest absolute Gasteiger partial charge is 0.347 e. The van der Waals surface area contributed by atoms with E-state index in [1.807, 2.05) is 13.8 Å². The molecule has 2 amide bonds. The summed E-state index contributed by atoms with van der Waals surface area (Å²) in [7, 11) is 0. The van der Waals surface area contributed by atoms with Crippen molar-refractivity contribution in [3.05, 3.63) is 0 Å². The molecule has 0 aromatic carbocycles. The second kappa shape index (κ2) is 6.73. The van der Waals surface area contributed by atoms with Gasteiger partial charge in [0.25, 0.3) is 0 Å². The predicted octanol–water partition coefficient (Wildman–Crippen LogP) is 0.490. The van der Waals surface area contributed by atoms with Crippen LogP contribution in [-0.4, -0.2) is 42.9 Å². The number of hydrogen-bond acceptors (Lipinski definition) is 3. The molecular weight excluding hydrogens is 230 g/mol. The lowest BCUT2D eigenvalue weighted by molar-refractivity contribution is -0.133. The number of amides is 2. The van der Waals surface area contributed by atoms with Crippen molar-refractivity contribution < 1.29 is 9.59 Å². The Kier molecular flexibility index (Phi) is 5.59. The Bertz CT molecular complexity index is 291. The third-order valence-electron chi connectivity index (χ3n) is 3.94. The summed E-state index contributed by atoms with van der Waals surface area (Å²) in [4.78, 5) is 25.2. The van der Waals surface area contributed by atoms with Crippen LogP contribution in [0.4, 0.5) is 0 Å². The minimum atomic E-state index is -0.0549. The van der Waals surface area contributed by atoms with Gasteiger partial charge in [-0.2, -0.15) is 0 Å². The van der Waals surface area contributed by atoms with Crippen LogP contribution in [0.5, 0.6) is 0 Å². The number of nitrogens with zero attached hydrogens (tertiary/aromatic N) is 1. The van der Waals surface area contributed by atoms with E-state index in [0.29, 0.717) is 26.1 Å².